The molecule has 2 N–H and O–H groups in total. The molecule has 1 aliphatic heterocycles. The molecule has 1 aliphatic rings. The van der Waals surface area contributed by atoms with Crippen LogP contribution in [0.2, 0.25) is 0 Å². The van der Waals surface area contributed by atoms with Gasteiger partial charge in [-0.1, -0.05) is 6.92 Å². The Kier molecular flexibility index (Phi) is 2.84. The third-order valence-electron chi connectivity index (χ3n) is 1.95. The van der Waals surface area contributed by atoms with Crippen molar-refractivity contribution < 1.29 is 19.7 Å². The normalized spacial score (nSPS) is 44.7. The molecule has 0 aromatic heterocycles. The van der Waals surface area contributed by atoms with Crippen LogP contribution in [0.5, 0.6) is 0 Å². The van der Waals surface area contributed by atoms with Crippen LogP contribution in [0.15, 0.2) is 0 Å². The summed E-state index contributed by atoms with van der Waals surface area (Å²) in [5, 5.41) is 18.6. The fourth-order valence-corrected chi connectivity index (χ4v) is 1.25. The molecule has 0 amide bonds. The summed E-state index contributed by atoms with van der Waals surface area (Å²) in [6.07, 6.45) is -2.02. The van der Waals surface area contributed by atoms with Gasteiger partial charge in [-0.15, -0.1) is 0 Å². The van der Waals surface area contributed by atoms with Crippen molar-refractivity contribution in [1.29, 1.82) is 0 Å². The SMILES string of the molecule is CCC1OC(OC)[C@@H](O)[C@H]1O. The third-order valence-corrected chi connectivity index (χ3v) is 1.95. The zero-order valence-electron chi connectivity index (χ0n) is 6.73. The maximum atomic E-state index is 9.30. The molecule has 66 valence electrons. The van der Waals surface area contributed by atoms with Crippen LogP contribution in [0.25, 0.3) is 0 Å². The zero-order valence-corrected chi connectivity index (χ0v) is 6.73. The summed E-state index contributed by atoms with van der Waals surface area (Å²) < 4.78 is 9.96. The lowest BCUT2D eigenvalue weighted by Crippen LogP contribution is -2.32. The quantitative estimate of drug-likeness (QED) is 0.574. The first kappa shape index (κ1) is 8.93. The molecule has 1 saturated heterocycles. The predicted molar refractivity (Wildman–Crippen MR) is 38.0 cm³/mol. The molecule has 0 aromatic rings. The average molecular weight is 162 g/mol. The van der Waals surface area contributed by atoms with Gasteiger partial charge in [0.05, 0.1) is 6.10 Å². The summed E-state index contributed by atoms with van der Waals surface area (Å²) in [7, 11) is 1.44. The second-order valence-electron chi connectivity index (χ2n) is 2.67. The molecular formula is C7H14O4. The number of ether oxygens (including phenoxy) is 2. The minimum atomic E-state index is -0.912. The standard InChI is InChI=1S/C7H14O4/c1-3-4-5(8)6(9)7(10-2)11-4/h4-9H,3H2,1-2H3/t4?,5-,6-,7?/m0/s1. The molecule has 1 heterocycles. The Balaban J connectivity index is 2.53. The smallest absolute Gasteiger partial charge is 0.186 e. The lowest BCUT2D eigenvalue weighted by atomic mass is 10.1. The molecule has 0 aliphatic carbocycles. The lowest BCUT2D eigenvalue weighted by molar-refractivity contribution is -0.148. The summed E-state index contributed by atoms with van der Waals surface area (Å²) in [6.45, 7) is 1.89. The topological polar surface area (TPSA) is 58.9 Å². The van der Waals surface area contributed by atoms with Crippen LogP contribution < -0.4 is 0 Å². The van der Waals surface area contributed by atoms with E-state index in [1.54, 1.807) is 0 Å². The molecule has 0 bridgehead atoms. The molecule has 4 atom stereocenters. The van der Waals surface area contributed by atoms with Gasteiger partial charge in [-0.2, -0.15) is 0 Å². The molecule has 4 heteroatoms. The minimum Gasteiger partial charge on any atom is -0.387 e. The molecular weight excluding hydrogens is 148 g/mol. The Morgan fingerprint density at radius 2 is 2.00 bits per heavy atom. The van der Waals surface area contributed by atoms with Crippen molar-refractivity contribution in [3.8, 4) is 0 Å². The van der Waals surface area contributed by atoms with Gasteiger partial charge in [0.2, 0.25) is 0 Å². The first-order chi connectivity index (χ1) is 5.20. The highest BCUT2D eigenvalue weighted by Crippen LogP contribution is 2.23. The van der Waals surface area contributed by atoms with Crippen molar-refractivity contribution >= 4 is 0 Å². The summed E-state index contributed by atoms with van der Waals surface area (Å²) in [5.41, 5.74) is 0. The highest BCUT2D eigenvalue weighted by molar-refractivity contribution is 4.85. The van der Waals surface area contributed by atoms with Crippen molar-refractivity contribution in [2.24, 2.45) is 0 Å². The molecule has 1 fully saturated rings. The van der Waals surface area contributed by atoms with Crippen molar-refractivity contribution in [1.82, 2.24) is 0 Å². The second kappa shape index (κ2) is 3.49. The number of rotatable bonds is 2. The molecule has 0 saturated carbocycles. The lowest BCUT2D eigenvalue weighted by Gasteiger charge is -2.11. The van der Waals surface area contributed by atoms with Crippen LogP contribution in [0.4, 0.5) is 0 Å². The van der Waals surface area contributed by atoms with E-state index in [9.17, 15) is 10.2 Å². The maximum Gasteiger partial charge on any atom is 0.186 e. The molecule has 11 heavy (non-hydrogen) atoms. The van der Waals surface area contributed by atoms with E-state index in [-0.39, 0.29) is 6.10 Å². The van der Waals surface area contributed by atoms with Crippen LogP contribution in [0.3, 0.4) is 0 Å². The van der Waals surface area contributed by atoms with E-state index < -0.39 is 18.5 Å². The first-order valence-corrected chi connectivity index (χ1v) is 3.75. The van der Waals surface area contributed by atoms with Crippen LogP contribution in [0.1, 0.15) is 13.3 Å². The Bertz CT molecular complexity index is 110. The van der Waals surface area contributed by atoms with Crippen molar-refractivity contribution in [2.45, 2.75) is 37.9 Å². The fraction of sp³-hybridized carbons (Fsp3) is 1.00. The fourth-order valence-electron chi connectivity index (χ4n) is 1.25. The molecule has 2 unspecified atom stereocenters. The van der Waals surface area contributed by atoms with Crippen LogP contribution in [0, 0.1) is 0 Å². The van der Waals surface area contributed by atoms with E-state index in [4.69, 9.17) is 9.47 Å². The molecule has 0 aromatic carbocycles. The zero-order chi connectivity index (χ0) is 8.43. The van der Waals surface area contributed by atoms with Gasteiger partial charge in [0.1, 0.15) is 12.2 Å². The Labute approximate surface area is 65.7 Å². The first-order valence-electron chi connectivity index (χ1n) is 3.75. The Morgan fingerprint density at radius 3 is 2.27 bits per heavy atom. The van der Waals surface area contributed by atoms with Gasteiger partial charge in [0.15, 0.2) is 6.29 Å². The number of aliphatic hydroxyl groups is 2. The van der Waals surface area contributed by atoms with E-state index in [0.717, 1.165) is 0 Å². The van der Waals surface area contributed by atoms with Crippen LogP contribution in [-0.4, -0.2) is 41.9 Å². The Morgan fingerprint density at radius 1 is 1.36 bits per heavy atom. The van der Waals surface area contributed by atoms with Gasteiger partial charge in [0.25, 0.3) is 0 Å². The largest absolute Gasteiger partial charge is 0.387 e. The summed E-state index contributed by atoms with van der Waals surface area (Å²) in [4.78, 5) is 0. The maximum absolute atomic E-state index is 9.30. The molecule has 4 nitrogen and oxygen atoms in total. The Hall–Kier alpha value is -0.160. The van der Waals surface area contributed by atoms with Gasteiger partial charge in [-0.25, -0.2) is 0 Å². The van der Waals surface area contributed by atoms with E-state index in [1.165, 1.54) is 7.11 Å². The van der Waals surface area contributed by atoms with Crippen molar-refractivity contribution in [2.75, 3.05) is 7.11 Å². The number of hydrogen-bond acceptors (Lipinski definition) is 4. The molecule has 0 spiro atoms. The van der Waals surface area contributed by atoms with E-state index in [2.05, 4.69) is 0 Å². The highest BCUT2D eigenvalue weighted by Gasteiger charge is 2.41. The van der Waals surface area contributed by atoms with Crippen LogP contribution in [-0.2, 0) is 9.47 Å². The van der Waals surface area contributed by atoms with E-state index in [1.807, 2.05) is 6.92 Å². The third kappa shape index (κ3) is 1.54. The highest BCUT2D eigenvalue weighted by atomic mass is 16.7. The van der Waals surface area contributed by atoms with Gasteiger partial charge >= 0.3 is 0 Å². The molecule has 0 radical (unpaired) electrons. The number of methoxy groups -OCH3 is 1. The summed E-state index contributed by atoms with van der Waals surface area (Å²) >= 11 is 0. The summed E-state index contributed by atoms with van der Waals surface area (Å²) in [6, 6.07) is 0. The van der Waals surface area contributed by atoms with Gasteiger partial charge in [-0.05, 0) is 6.42 Å². The van der Waals surface area contributed by atoms with E-state index >= 15 is 0 Å². The van der Waals surface area contributed by atoms with Crippen molar-refractivity contribution in [3.05, 3.63) is 0 Å². The minimum absolute atomic E-state index is 0.296. The average Bonchev–Trinajstić information content (AvgIpc) is 2.30. The molecule has 1 rings (SSSR count). The number of aliphatic hydroxyl groups excluding tert-OH is 2. The summed E-state index contributed by atoms with van der Waals surface area (Å²) in [5.74, 6) is 0. The van der Waals surface area contributed by atoms with Crippen LogP contribution >= 0.6 is 0 Å². The van der Waals surface area contributed by atoms with Gasteiger partial charge in [0, 0.05) is 7.11 Å². The van der Waals surface area contributed by atoms with E-state index in [0.29, 0.717) is 6.42 Å². The second-order valence-corrected chi connectivity index (χ2v) is 2.67. The number of hydrogen-bond donors (Lipinski definition) is 2. The van der Waals surface area contributed by atoms with Gasteiger partial charge in [-0.3, -0.25) is 0 Å². The predicted octanol–water partition coefficient (Wildman–Crippen LogP) is -0.510. The van der Waals surface area contributed by atoms with Gasteiger partial charge < -0.3 is 19.7 Å². The van der Waals surface area contributed by atoms with Crippen molar-refractivity contribution in [3.63, 3.8) is 0 Å². The monoisotopic (exact) mass is 162 g/mol.